The van der Waals surface area contributed by atoms with E-state index in [1.54, 1.807) is 7.11 Å². The Balaban J connectivity index is 2.89. The van der Waals surface area contributed by atoms with Crippen LogP contribution in [0.4, 0.5) is 5.82 Å². The molecule has 16 heavy (non-hydrogen) atoms. The highest BCUT2D eigenvalue weighted by Crippen LogP contribution is 2.24. The van der Waals surface area contributed by atoms with Gasteiger partial charge in [-0.1, -0.05) is 20.8 Å². The molecule has 1 rings (SSSR count). The lowest BCUT2D eigenvalue weighted by molar-refractivity contribution is 0.412. The van der Waals surface area contributed by atoms with Crippen LogP contribution < -0.4 is 10.1 Å². The van der Waals surface area contributed by atoms with Crippen LogP contribution in [0.5, 0.6) is 5.75 Å². The van der Waals surface area contributed by atoms with Crippen LogP contribution in [-0.4, -0.2) is 18.1 Å². The molecule has 1 aromatic heterocycles. The van der Waals surface area contributed by atoms with E-state index >= 15 is 0 Å². The Morgan fingerprint density at radius 1 is 1.38 bits per heavy atom. The third-order valence-electron chi connectivity index (χ3n) is 2.78. The van der Waals surface area contributed by atoms with Crippen molar-refractivity contribution in [1.82, 2.24) is 4.98 Å². The molecule has 3 nitrogen and oxygen atoms in total. The lowest BCUT2D eigenvalue weighted by Gasteiger charge is -2.22. The second-order valence-electron chi connectivity index (χ2n) is 4.41. The topological polar surface area (TPSA) is 34.2 Å². The van der Waals surface area contributed by atoms with Crippen molar-refractivity contribution in [3.05, 3.63) is 17.8 Å². The van der Waals surface area contributed by atoms with Gasteiger partial charge in [0.05, 0.1) is 7.11 Å². The van der Waals surface area contributed by atoms with Gasteiger partial charge in [-0.15, -0.1) is 0 Å². The van der Waals surface area contributed by atoms with E-state index in [0.717, 1.165) is 23.7 Å². The molecule has 0 aliphatic heterocycles. The van der Waals surface area contributed by atoms with Crippen molar-refractivity contribution in [3.63, 3.8) is 0 Å². The number of anilines is 1. The first kappa shape index (κ1) is 12.8. The van der Waals surface area contributed by atoms with Crippen molar-refractivity contribution in [2.75, 3.05) is 12.4 Å². The fourth-order valence-corrected chi connectivity index (χ4v) is 1.73. The first-order valence-corrected chi connectivity index (χ1v) is 5.86. The van der Waals surface area contributed by atoms with Crippen molar-refractivity contribution in [1.29, 1.82) is 0 Å². The first-order valence-electron chi connectivity index (χ1n) is 5.86. The molecule has 1 heterocycles. The average Bonchev–Trinajstić information content (AvgIpc) is 2.25. The third kappa shape index (κ3) is 3.12. The summed E-state index contributed by atoms with van der Waals surface area (Å²) in [6.45, 7) is 8.59. The average molecular weight is 222 g/mol. The van der Waals surface area contributed by atoms with Gasteiger partial charge < -0.3 is 10.1 Å². The summed E-state index contributed by atoms with van der Waals surface area (Å²) in [6.07, 6.45) is 1.08. The molecule has 0 bridgehead atoms. The zero-order valence-electron chi connectivity index (χ0n) is 10.9. The third-order valence-corrected chi connectivity index (χ3v) is 2.78. The lowest BCUT2D eigenvalue weighted by Crippen LogP contribution is -2.25. The molecule has 0 aliphatic rings. The highest BCUT2D eigenvalue weighted by Gasteiger charge is 2.14. The summed E-state index contributed by atoms with van der Waals surface area (Å²) in [7, 11) is 1.67. The summed E-state index contributed by atoms with van der Waals surface area (Å²) < 4.78 is 5.30. The Bertz CT molecular complexity index is 337. The second-order valence-corrected chi connectivity index (χ2v) is 4.41. The first-order chi connectivity index (χ1) is 7.58. The highest BCUT2D eigenvalue weighted by atomic mass is 16.5. The molecule has 0 aliphatic carbocycles. The van der Waals surface area contributed by atoms with Gasteiger partial charge in [-0.05, 0) is 31.4 Å². The number of hydrogen-bond acceptors (Lipinski definition) is 3. The summed E-state index contributed by atoms with van der Waals surface area (Å²) >= 11 is 0. The zero-order valence-corrected chi connectivity index (χ0v) is 10.9. The van der Waals surface area contributed by atoms with Gasteiger partial charge in [0.25, 0.3) is 0 Å². The number of nitrogens with zero attached hydrogens (tertiary/aromatic N) is 1. The van der Waals surface area contributed by atoms with Crippen molar-refractivity contribution in [2.24, 2.45) is 5.92 Å². The van der Waals surface area contributed by atoms with E-state index in [1.165, 1.54) is 0 Å². The van der Waals surface area contributed by atoms with Crippen LogP contribution in [0, 0.1) is 12.8 Å². The Labute approximate surface area is 98.2 Å². The molecular formula is C13H22N2O. The number of pyridine rings is 1. The van der Waals surface area contributed by atoms with Gasteiger partial charge in [-0.25, -0.2) is 4.98 Å². The van der Waals surface area contributed by atoms with Gasteiger partial charge >= 0.3 is 0 Å². The number of aromatic nitrogens is 1. The predicted molar refractivity (Wildman–Crippen MR) is 68.1 cm³/mol. The van der Waals surface area contributed by atoms with E-state index in [0.29, 0.717) is 12.0 Å². The zero-order chi connectivity index (χ0) is 12.1. The SMILES string of the molecule is CCC(Nc1nc(C)ccc1OC)C(C)C. The number of rotatable bonds is 5. The fourth-order valence-electron chi connectivity index (χ4n) is 1.73. The quantitative estimate of drug-likeness (QED) is 0.830. The Hall–Kier alpha value is -1.25. The largest absolute Gasteiger partial charge is 0.493 e. The number of nitrogens with one attached hydrogen (secondary N) is 1. The molecule has 1 N–H and O–H groups in total. The number of hydrogen-bond donors (Lipinski definition) is 1. The summed E-state index contributed by atoms with van der Waals surface area (Å²) in [5.41, 5.74) is 1.00. The van der Waals surface area contributed by atoms with Gasteiger partial charge in [0, 0.05) is 11.7 Å². The van der Waals surface area contributed by atoms with Crippen molar-refractivity contribution in [2.45, 2.75) is 40.2 Å². The molecule has 0 fully saturated rings. The van der Waals surface area contributed by atoms with Gasteiger partial charge in [-0.3, -0.25) is 0 Å². The van der Waals surface area contributed by atoms with E-state index in [-0.39, 0.29) is 0 Å². The van der Waals surface area contributed by atoms with Crippen molar-refractivity contribution in [3.8, 4) is 5.75 Å². The molecule has 0 aromatic carbocycles. The molecule has 1 unspecified atom stereocenters. The Kier molecular flexibility index (Phi) is 4.59. The summed E-state index contributed by atoms with van der Waals surface area (Å²) in [5.74, 6) is 2.24. The second kappa shape index (κ2) is 5.73. The number of methoxy groups -OCH3 is 1. The molecule has 1 aromatic rings. The maximum absolute atomic E-state index is 5.30. The summed E-state index contributed by atoms with van der Waals surface area (Å²) in [5, 5.41) is 3.45. The van der Waals surface area contributed by atoms with Crippen LogP contribution >= 0.6 is 0 Å². The Morgan fingerprint density at radius 2 is 2.06 bits per heavy atom. The number of ether oxygens (including phenoxy) is 1. The van der Waals surface area contributed by atoms with E-state index in [2.05, 4.69) is 31.1 Å². The molecule has 0 saturated heterocycles. The molecule has 3 heteroatoms. The minimum atomic E-state index is 0.434. The van der Waals surface area contributed by atoms with Crippen LogP contribution in [0.2, 0.25) is 0 Å². The van der Waals surface area contributed by atoms with E-state index in [1.807, 2.05) is 19.1 Å². The van der Waals surface area contributed by atoms with Gasteiger partial charge in [0.1, 0.15) is 0 Å². The van der Waals surface area contributed by atoms with Gasteiger partial charge in [0.15, 0.2) is 11.6 Å². The predicted octanol–water partition coefficient (Wildman–Crippen LogP) is 3.25. The van der Waals surface area contributed by atoms with Gasteiger partial charge in [0.2, 0.25) is 0 Å². The Morgan fingerprint density at radius 3 is 2.56 bits per heavy atom. The molecule has 0 spiro atoms. The minimum Gasteiger partial charge on any atom is -0.493 e. The summed E-state index contributed by atoms with van der Waals surface area (Å²) in [4.78, 5) is 4.48. The molecule has 0 saturated carbocycles. The van der Waals surface area contributed by atoms with E-state index in [9.17, 15) is 0 Å². The van der Waals surface area contributed by atoms with E-state index in [4.69, 9.17) is 4.74 Å². The molecule has 0 radical (unpaired) electrons. The van der Waals surface area contributed by atoms with Crippen LogP contribution in [-0.2, 0) is 0 Å². The number of aryl methyl sites for hydroxylation is 1. The standard InChI is InChI=1S/C13H22N2O/c1-6-11(9(2)3)15-13-12(16-5)8-7-10(4)14-13/h7-9,11H,6H2,1-5H3,(H,14,15). The maximum atomic E-state index is 5.30. The van der Waals surface area contributed by atoms with Gasteiger partial charge in [-0.2, -0.15) is 0 Å². The summed E-state index contributed by atoms with van der Waals surface area (Å²) in [6, 6.07) is 4.35. The van der Waals surface area contributed by atoms with E-state index < -0.39 is 0 Å². The molecular weight excluding hydrogens is 200 g/mol. The van der Waals surface area contributed by atoms with Crippen LogP contribution in [0.3, 0.4) is 0 Å². The molecule has 0 amide bonds. The highest BCUT2D eigenvalue weighted by molar-refractivity contribution is 5.51. The fraction of sp³-hybridized carbons (Fsp3) is 0.615. The minimum absolute atomic E-state index is 0.434. The smallest absolute Gasteiger partial charge is 0.169 e. The van der Waals surface area contributed by atoms with Crippen molar-refractivity contribution < 1.29 is 4.74 Å². The van der Waals surface area contributed by atoms with Crippen LogP contribution in [0.1, 0.15) is 32.9 Å². The molecule has 1 atom stereocenters. The van der Waals surface area contributed by atoms with Crippen molar-refractivity contribution >= 4 is 5.82 Å². The van der Waals surface area contributed by atoms with Crippen LogP contribution in [0.25, 0.3) is 0 Å². The maximum Gasteiger partial charge on any atom is 0.169 e. The normalized spacial score (nSPS) is 12.6. The van der Waals surface area contributed by atoms with Crippen LogP contribution in [0.15, 0.2) is 12.1 Å². The monoisotopic (exact) mass is 222 g/mol. The molecule has 90 valence electrons. The lowest BCUT2D eigenvalue weighted by atomic mass is 10.0.